The Bertz CT molecular complexity index is 1680. The predicted molar refractivity (Wildman–Crippen MR) is 132 cm³/mol. The van der Waals surface area contributed by atoms with Gasteiger partial charge in [-0.15, -0.1) is 0 Å². The Balaban J connectivity index is 1.72. The highest BCUT2D eigenvalue weighted by molar-refractivity contribution is 6.20. The standard InChI is InChI=1S/C29H25NO2/c1-16-17(2)31-23-10-11-24-26(25(16)23)21-12-13-30-27(28(21)32-24)19-14-18-8-6-7-9-20(18)22(15-19)29(3,4)5/h6-15H,1-5H3. The summed E-state index contributed by atoms with van der Waals surface area (Å²) in [4.78, 5) is 4.79. The number of fused-ring (bicyclic) bond motifs is 6. The van der Waals surface area contributed by atoms with Gasteiger partial charge in [-0.05, 0) is 71.5 Å². The maximum absolute atomic E-state index is 6.44. The predicted octanol–water partition coefficient (Wildman–Crippen LogP) is 8.46. The van der Waals surface area contributed by atoms with E-state index in [0.29, 0.717) is 0 Å². The second-order valence-electron chi connectivity index (χ2n) is 9.73. The molecule has 0 N–H and O–H groups in total. The minimum atomic E-state index is 0.00891. The molecule has 0 aliphatic rings. The monoisotopic (exact) mass is 419 g/mol. The summed E-state index contributed by atoms with van der Waals surface area (Å²) in [7, 11) is 0. The average Bonchev–Trinajstić information content (AvgIpc) is 3.29. The fourth-order valence-electron chi connectivity index (χ4n) is 4.92. The van der Waals surface area contributed by atoms with Crippen LogP contribution in [-0.2, 0) is 5.41 Å². The average molecular weight is 420 g/mol. The van der Waals surface area contributed by atoms with Crippen molar-refractivity contribution < 1.29 is 8.83 Å². The van der Waals surface area contributed by atoms with Crippen molar-refractivity contribution in [2.75, 3.05) is 0 Å². The van der Waals surface area contributed by atoms with E-state index >= 15 is 0 Å². The zero-order valence-corrected chi connectivity index (χ0v) is 19.0. The third-order valence-corrected chi connectivity index (χ3v) is 6.62. The van der Waals surface area contributed by atoms with Gasteiger partial charge < -0.3 is 8.83 Å². The molecule has 3 aromatic heterocycles. The summed E-state index contributed by atoms with van der Waals surface area (Å²) in [5.74, 6) is 0.945. The number of aryl methyl sites for hydroxylation is 2. The first-order valence-electron chi connectivity index (χ1n) is 11.1. The van der Waals surface area contributed by atoms with Crippen LogP contribution in [0.1, 0.15) is 37.7 Å². The van der Waals surface area contributed by atoms with E-state index in [1.165, 1.54) is 16.3 Å². The normalized spacial score (nSPS) is 12.5. The quantitative estimate of drug-likeness (QED) is 0.268. The van der Waals surface area contributed by atoms with Crippen molar-refractivity contribution in [2.45, 2.75) is 40.0 Å². The minimum Gasteiger partial charge on any atom is -0.461 e. The van der Waals surface area contributed by atoms with E-state index in [9.17, 15) is 0 Å². The molecule has 32 heavy (non-hydrogen) atoms. The van der Waals surface area contributed by atoms with Crippen molar-refractivity contribution in [3.63, 3.8) is 0 Å². The molecule has 0 bridgehead atoms. The van der Waals surface area contributed by atoms with Crippen LogP contribution in [0.2, 0.25) is 0 Å². The molecule has 0 amide bonds. The zero-order chi connectivity index (χ0) is 22.2. The van der Waals surface area contributed by atoms with Crippen LogP contribution in [0.5, 0.6) is 0 Å². The van der Waals surface area contributed by atoms with Crippen molar-refractivity contribution in [1.82, 2.24) is 4.98 Å². The van der Waals surface area contributed by atoms with Crippen molar-refractivity contribution in [2.24, 2.45) is 0 Å². The van der Waals surface area contributed by atoms with E-state index in [2.05, 4.69) is 70.2 Å². The van der Waals surface area contributed by atoms with Crippen molar-refractivity contribution in [3.05, 3.63) is 77.7 Å². The van der Waals surface area contributed by atoms with Gasteiger partial charge in [0, 0.05) is 27.9 Å². The maximum Gasteiger partial charge on any atom is 0.161 e. The van der Waals surface area contributed by atoms with Gasteiger partial charge in [0.1, 0.15) is 22.6 Å². The third kappa shape index (κ3) is 2.64. The Labute approximate surface area is 186 Å². The van der Waals surface area contributed by atoms with Crippen LogP contribution in [-0.4, -0.2) is 4.98 Å². The second kappa shape index (κ2) is 6.46. The van der Waals surface area contributed by atoms with E-state index in [4.69, 9.17) is 13.8 Å². The molecular formula is C29H25NO2. The number of benzene rings is 3. The van der Waals surface area contributed by atoms with E-state index in [1.807, 2.05) is 25.3 Å². The van der Waals surface area contributed by atoms with Crippen LogP contribution in [0.15, 0.2) is 69.6 Å². The number of aromatic nitrogens is 1. The van der Waals surface area contributed by atoms with Crippen LogP contribution in [0, 0.1) is 13.8 Å². The molecule has 3 heteroatoms. The number of nitrogens with zero attached hydrogens (tertiary/aromatic N) is 1. The lowest BCUT2D eigenvalue weighted by Gasteiger charge is -2.22. The smallest absolute Gasteiger partial charge is 0.161 e. The molecule has 158 valence electrons. The number of pyridine rings is 1. The molecule has 3 heterocycles. The van der Waals surface area contributed by atoms with Crippen LogP contribution < -0.4 is 0 Å². The molecule has 6 rings (SSSR count). The van der Waals surface area contributed by atoms with Gasteiger partial charge >= 0.3 is 0 Å². The molecule has 0 saturated carbocycles. The van der Waals surface area contributed by atoms with Gasteiger partial charge in [-0.2, -0.15) is 0 Å². The molecule has 0 spiro atoms. The van der Waals surface area contributed by atoms with E-state index in [1.54, 1.807) is 0 Å². The SMILES string of the molecule is Cc1oc2ccc3oc4c(-c5cc(C(C)(C)C)c6ccccc6c5)nccc4c3c2c1C. The van der Waals surface area contributed by atoms with Gasteiger partial charge in [-0.3, -0.25) is 4.98 Å². The summed E-state index contributed by atoms with van der Waals surface area (Å²) in [6.07, 6.45) is 1.89. The molecule has 0 atom stereocenters. The van der Waals surface area contributed by atoms with Crippen LogP contribution in [0.25, 0.3) is 54.9 Å². The summed E-state index contributed by atoms with van der Waals surface area (Å²) in [5, 5.41) is 5.81. The summed E-state index contributed by atoms with van der Waals surface area (Å²) in [6.45, 7) is 10.9. The molecule has 0 fully saturated rings. The van der Waals surface area contributed by atoms with Gasteiger partial charge in [-0.25, -0.2) is 0 Å². The Morgan fingerprint density at radius 3 is 2.31 bits per heavy atom. The molecule has 0 saturated heterocycles. The van der Waals surface area contributed by atoms with Gasteiger partial charge in [0.25, 0.3) is 0 Å². The lowest BCUT2D eigenvalue weighted by molar-refractivity contribution is 0.575. The zero-order valence-electron chi connectivity index (χ0n) is 19.0. The van der Waals surface area contributed by atoms with Crippen LogP contribution >= 0.6 is 0 Å². The Morgan fingerprint density at radius 1 is 0.781 bits per heavy atom. The first kappa shape index (κ1) is 19.1. The number of hydrogen-bond donors (Lipinski definition) is 0. The number of rotatable bonds is 1. The fourth-order valence-corrected chi connectivity index (χ4v) is 4.92. The first-order chi connectivity index (χ1) is 15.3. The number of hydrogen-bond acceptors (Lipinski definition) is 3. The topological polar surface area (TPSA) is 39.2 Å². The summed E-state index contributed by atoms with van der Waals surface area (Å²) >= 11 is 0. The van der Waals surface area contributed by atoms with Gasteiger partial charge in [0.15, 0.2) is 5.58 Å². The summed E-state index contributed by atoms with van der Waals surface area (Å²) in [5.41, 5.74) is 7.02. The lowest BCUT2D eigenvalue weighted by atomic mass is 9.82. The highest BCUT2D eigenvalue weighted by Crippen LogP contribution is 2.42. The largest absolute Gasteiger partial charge is 0.461 e. The minimum absolute atomic E-state index is 0.00891. The van der Waals surface area contributed by atoms with Gasteiger partial charge in [0.2, 0.25) is 0 Å². The van der Waals surface area contributed by atoms with E-state index in [0.717, 1.165) is 55.5 Å². The maximum atomic E-state index is 6.44. The molecular weight excluding hydrogens is 394 g/mol. The van der Waals surface area contributed by atoms with Crippen molar-refractivity contribution in [1.29, 1.82) is 0 Å². The molecule has 0 aliphatic carbocycles. The van der Waals surface area contributed by atoms with Gasteiger partial charge in [-0.1, -0.05) is 45.0 Å². The molecule has 3 nitrogen and oxygen atoms in total. The molecule has 0 radical (unpaired) electrons. The highest BCUT2D eigenvalue weighted by atomic mass is 16.3. The second-order valence-corrected chi connectivity index (χ2v) is 9.73. The molecule has 0 unspecified atom stereocenters. The summed E-state index contributed by atoms with van der Waals surface area (Å²) in [6, 6.07) is 19.1. The van der Waals surface area contributed by atoms with Crippen LogP contribution in [0.4, 0.5) is 0 Å². The van der Waals surface area contributed by atoms with Crippen molar-refractivity contribution >= 4 is 43.7 Å². The highest BCUT2D eigenvalue weighted by Gasteiger charge is 2.22. The number of furan rings is 2. The van der Waals surface area contributed by atoms with E-state index in [-0.39, 0.29) is 5.41 Å². The Hall–Kier alpha value is -3.59. The Morgan fingerprint density at radius 2 is 1.53 bits per heavy atom. The lowest BCUT2D eigenvalue weighted by Crippen LogP contribution is -2.12. The summed E-state index contributed by atoms with van der Waals surface area (Å²) < 4.78 is 12.4. The molecule has 6 aromatic rings. The van der Waals surface area contributed by atoms with Crippen molar-refractivity contribution in [3.8, 4) is 11.3 Å². The van der Waals surface area contributed by atoms with Crippen LogP contribution in [0.3, 0.4) is 0 Å². The Kier molecular flexibility index (Phi) is 3.86. The van der Waals surface area contributed by atoms with Gasteiger partial charge in [0.05, 0.1) is 0 Å². The van der Waals surface area contributed by atoms with E-state index < -0.39 is 0 Å². The molecule has 0 aliphatic heterocycles. The molecule has 3 aromatic carbocycles. The first-order valence-corrected chi connectivity index (χ1v) is 11.1. The third-order valence-electron chi connectivity index (χ3n) is 6.62. The fraction of sp³-hybridized carbons (Fsp3) is 0.207.